The monoisotopic (exact) mass is 338 g/mol. The molecule has 21 heavy (non-hydrogen) atoms. The van der Waals surface area contributed by atoms with E-state index in [0.29, 0.717) is 5.75 Å². The quantitative estimate of drug-likeness (QED) is 0.718. The van der Waals surface area contributed by atoms with E-state index in [1.165, 1.54) is 18.7 Å². The zero-order chi connectivity index (χ0) is 16.0. The van der Waals surface area contributed by atoms with Gasteiger partial charge in [0.05, 0.1) is 6.42 Å². The summed E-state index contributed by atoms with van der Waals surface area (Å²) in [6, 6.07) is -0.785. The summed E-state index contributed by atoms with van der Waals surface area (Å²) in [6.45, 7) is 1.73. The number of amides is 3. The number of nitrogens with one attached hydrogen (secondary N) is 1. The van der Waals surface area contributed by atoms with Crippen LogP contribution in [-0.4, -0.2) is 65.5 Å². The van der Waals surface area contributed by atoms with Crippen LogP contribution in [0.3, 0.4) is 0 Å². The van der Waals surface area contributed by atoms with Gasteiger partial charge in [-0.3, -0.25) is 14.9 Å². The summed E-state index contributed by atoms with van der Waals surface area (Å²) in [5.74, 6) is -1.10. The van der Waals surface area contributed by atoms with Gasteiger partial charge in [0, 0.05) is 30.2 Å². The van der Waals surface area contributed by atoms with Gasteiger partial charge in [0.25, 0.3) is 0 Å². The van der Waals surface area contributed by atoms with E-state index >= 15 is 0 Å². The van der Waals surface area contributed by atoms with Gasteiger partial charge >= 0.3 is 12.0 Å². The minimum atomic E-state index is -3.44. The minimum absolute atomic E-state index is 0.0883. The zero-order valence-electron chi connectivity index (χ0n) is 11.6. The van der Waals surface area contributed by atoms with Crippen LogP contribution in [-0.2, 0) is 19.4 Å². The first-order valence-electron chi connectivity index (χ1n) is 6.39. The summed E-state index contributed by atoms with van der Waals surface area (Å²) >= 11 is 1.44. The molecule has 120 valence electrons. The van der Waals surface area contributed by atoms with E-state index in [4.69, 9.17) is 5.11 Å². The molecule has 1 fully saturated rings. The van der Waals surface area contributed by atoms with Crippen molar-refractivity contribution in [2.75, 3.05) is 23.8 Å². The van der Waals surface area contributed by atoms with Crippen molar-refractivity contribution in [3.63, 3.8) is 0 Å². The minimum Gasteiger partial charge on any atom is -0.481 e. The number of aliphatic carboxylic acids is 1. The van der Waals surface area contributed by atoms with Crippen LogP contribution in [0.4, 0.5) is 4.79 Å². The predicted octanol–water partition coefficient (Wildman–Crippen LogP) is -0.103. The maximum absolute atomic E-state index is 12.0. The second kappa shape index (κ2) is 7.64. The first-order valence-corrected chi connectivity index (χ1v) is 9.26. The maximum atomic E-state index is 12.0. The number of rotatable bonds is 5. The summed E-state index contributed by atoms with van der Waals surface area (Å²) in [6.07, 6.45) is -0.708. The number of sulfone groups is 1. The third-order valence-corrected chi connectivity index (χ3v) is 6.26. The average Bonchev–Trinajstić information content (AvgIpc) is 2.45. The van der Waals surface area contributed by atoms with Gasteiger partial charge in [-0.2, -0.15) is 11.8 Å². The van der Waals surface area contributed by atoms with E-state index in [0.717, 1.165) is 4.90 Å². The second-order valence-corrected chi connectivity index (χ2v) is 8.02. The Labute approximate surface area is 127 Å². The highest BCUT2D eigenvalue weighted by Gasteiger charge is 2.36. The molecule has 0 bridgehead atoms. The largest absolute Gasteiger partial charge is 0.481 e. The molecule has 10 heteroatoms. The summed E-state index contributed by atoms with van der Waals surface area (Å²) in [4.78, 5) is 34.9. The Morgan fingerprint density at radius 3 is 2.57 bits per heavy atom. The molecule has 1 aliphatic heterocycles. The van der Waals surface area contributed by atoms with Crippen LogP contribution in [0.5, 0.6) is 0 Å². The summed E-state index contributed by atoms with van der Waals surface area (Å²) in [7, 11) is -3.44. The molecule has 0 aromatic carbocycles. The Hall–Kier alpha value is -1.29. The van der Waals surface area contributed by atoms with Crippen LogP contribution in [0.1, 0.15) is 19.8 Å². The number of imide groups is 1. The van der Waals surface area contributed by atoms with Gasteiger partial charge in [-0.15, -0.1) is 0 Å². The molecule has 0 aromatic rings. The molecule has 3 amide bonds. The molecule has 2 N–H and O–H groups in total. The van der Waals surface area contributed by atoms with Crippen LogP contribution in [0.25, 0.3) is 0 Å². The zero-order valence-corrected chi connectivity index (χ0v) is 13.2. The van der Waals surface area contributed by atoms with Crippen molar-refractivity contribution >= 4 is 39.5 Å². The van der Waals surface area contributed by atoms with Crippen molar-refractivity contribution in [3.8, 4) is 0 Å². The molecule has 1 unspecified atom stereocenters. The molecule has 1 aliphatic rings. The van der Waals surface area contributed by atoms with Gasteiger partial charge in [0.1, 0.15) is 5.37 Å². The Morgan fingerprint density at radius 1 is 1.33 bits per heavy atom. The fraction of sp³-hybridized carbons (Fsp3) is 0.727. The van der Waals surface area contributed by atoms with Gasteiger partial charge < -0.3 is 10.0 Å². The number of carbonyl (C=O) groups is 3. The number of carboxylic acid groups (broad SMARTS) is 1. The fourth-order valence-corrected chi connectivity index (χ4v) is 4.74. The molecule has 0 aromatic heterocycles. The van der Waals surface area contributed by atoms with Crippen molar-refractivity contribution in [3.05, 3.63) is 0 Å². The Kier molecular flexibility index (Phi) is 6.46. The van der Waals surface area contributed by atoms with Crippen LogP contribution < -0.4 is 5.32 Å². The normalized spacial score (nSPS) is 19.1. The van der Waals surface area contributed by atoms with E-state index < -0.39 is 33.1 Å². The van der Waals surface area contributed by atoms with Crippen molar-refractivity contribution in [1.82, 2.24) is 10.2 Å². The van der Waals surface area contributed by atoms with Crippen LogP contribution >= 0.6 is 11.8 Å². The predicted molar refractivity (Wildman–Crippen MR) is 77.7 cm³/mol. The molecule has 0 radical (unpaired) electrons. The number of nitrogens with zero attached hydrogens (tertiary/aromatic N) is 1. The lowest BCUT2D eigenvalue weighted by molar-refractivity contribution is -0.138. The van der Waals surface area contributed by atoms with Crippen molar-refractivity contribution < 1.29 is 27.9 Å². The van der Waals surface area contributed by atoms with Gasteiger partial charge in [0.2, 0.25) is 5.91 Å². The number of hydrogen-bond donors (Lipinski definition) is 2. The molecule has 0 aliphatic carbocycles. The van der Waals surface area contributed by atoms with Gasteiger partial charge in [0.15, 0.2) is 9.84 Å². The van der Waals surface area contributed by atoms with E-state index in [-0.39, 0.29) is 30.9 Å². The molecular formula is C11H18N2O6S2. The highest BCUT2D eigenvalue weighted by Crippen LogP contribution is 2.21. The van der Waals surface area contributed by atoms with E-state index in [1.54, 1.807) is 0 Å². The average molecular weight is 338 g/mol. The van der Waals surface area contributed by atoms with Crippen LogP contribution in [0.2, 0.25) is 0 Å². The molecule has 1 heterocycles. The molecule has 8 nitrogen and oxygen atoms in total. The summed E-state index contributed by atoms with van der Waals surface area (Å²) in [5, 5.41) is 9.56. The lowest BCUT2D eigenvalue weighted by Gasteiger charge is -2.34. The molecule has 0 saturated carbocycles. The molecular weight excluding hydrogens is 320 g/mol. The Balaban J connectivity index is 2.70. The van der Waals surface area contributed by atoms with E-state index in [9.17, 15) is 22.8 Å². The summed E-state index contributed by atoms with van der Waals surface area (Å²) in [5.41, 5.74) is 0. The maximum Gasteiger partial charge on any atom is 0.325 e. The number of carbonyl (C=O) groups excluding carboxylic acids is 2. The smallest absolute Gasteiger partial charge is 0.325 e. The lowest BCUT2D eigenvalue weighted by atomic mass is 10.3. The Bertz CT molecular complexity index is 519. The van der Waals surface area contributed by atoms with Crippen LogP contribution in [0, 0.1) is 0 Å². The lowest BCUT2D eigenvalue weighted by Crippen LogP contribution is -2.55. The van der Waals surface area contributed by atoms with E-state index in [2.05, 4.69) is 0 Å². The van der Waals surface area contributed by atoms with Crippen molar-refractivity contribution in [2.45, 2.75) is 25.1 Å². The fourth-order valence-electron chi connectivity index (χ4n) is 1.78. The second-order valence-electron chi connectivity index (χ2n) is 4.42. The summed E-state index contributed by atoms with van der Waals surface area (Å²) < 4.78 is 23.9. The molecule has 1 rings (SSSR count). The van der Waals surface area contributed by atoms with Crippen molar-refractivity contribution in [2.24, 2.45) is 0 Å². The third kappa shape index (κ3) is 5.20. The van der Waals surface area contributed by atoms with E-state index in [1.807, 2.05) is 5.32 Å². The third-order valence-electron chi connectivity index (χ3n) is 2.97. The van der Waals surface area contributed by atoms with Crippen LogP contribution in [0.15, 0.2) is 0 Å². The molecule has 1 atom stereocenters. The number of thioether (sulfide) groups is 1. The topological polar surface area (TPSA) is 121 Å². The Morgan fingerprint density at radius 2 is 2.00 bits per heavy atom. The highest BCUT2D eigenvalue weighted by molar-refractivity contribution is 8.01. The first-order chi connectivity index (χ1) is 9.77. The van der Waals surface area contributed by atoms with Gasteiger partial charge in [-0.1, -0.05) is 6.92 Å². The SMILES string of the molecule is CCS(=O)(=O)C1CSCCN1C(=O)NC(=O)CCC(=O)O. The molecule has 1 saturated heterocycles. The van der Waals surface area contributed by atoms with Gasteiger partial charge in [-0.05, 0) is 0 Å². The first kappa shape index (κ1) is 17.8. The number of hydrogen-bond acceptors (Lipinski definition) is 6. The van der Waals surface area contributed by atoms with Crippen molar-refractivity contribution in [1.29, 1.82) is 0 Å². The highest BCUT2D eigenvalue weighted by atomic mass is 32.2. The molecule has 0 spiro atoms. The van der Waals surface area contributed by atoms with Gasteiger partial charge in [-0.25, -0.2) is 13.2 Å². The number of urea groups is 1. The number of carboxylic acids is 1. The standard InChI is InChI=1S/C11H18N2O6S2/c1-2-21(18,19)9-7-20-6-5-13(9)11(17)12-8(14)3-4-10(15)16/h9H,2-7H2,1H3,(H,15,16)(H,12,14,17).